The van der Waals surface area contributed by atoms with Crippen LogP contribution in [0.1, 0.15) is 41.8 Å². The van der Waals surface area contributed by atoms with Gasteiger partial charge in [-0.3, -0.25) is 9.89 Å². The Hall–Kier alpha value is -2.48. The number of carbonyl (C=O) groups excluding carboxylic acids is 1. The highest BCUT2D eigenvalue weighted by Gasteiger charge is 2.21. The first-order valence-corrected chi connectivity index (χ1v) is 8.09. The molecular weight excluding hydrogens is 314 g/mol. The molecule has 0 spiro atoms. The van der Waals surface area contributed by atoms with Gasteiger partial charge < -0.3 is 9.42 Å². The maximum absolute atomic E-state index is 12.7. The summed E-state index contributed by atoms with van der Waals surface area (Å²) in [5.41, 5.74) is 1.26. The van der Waals surface area contributed by atoms with Crippen molar-refractivity contribution in [1.29, 1.82) is 0 Å². The monoisotopic (exact) mass is 331 g/mol. The molecule has 0 radical (unpaired) electrons. The van der Waals surface area contributed by atoms with Crippen LogP contribution in [0.4, 0.5) is 0 Å². The number of hydrogen-bond acceptors (Lipinski definition) is 6. The Kier molecular flexibility index (Phi) is 4.24. The lowest BCUT2D eigenvalue weighted by atomic mass is 10.2. The van der Waals surface area contributed by atoms with Crippen LogP contribution >= 0.6 is 11.3 Å². The fourth-order valence-corrected chi connectivity index (χ4v) is 2.85. The van der Waals surface area contributed by atoms with E-state index in [0.717, 1.165) is 10.6 Å². The smallest absolute Gasteiger partial charge is 0.257 e. The number of amides is 1. The molecule has 1 amide bonds. The third-order valence-corrected chi connectivity index (χ3v) is 4.23. The van der Waals surface area contributed by atoms with Gasteiger partial charge >= 0.3 is 0 Å². The van der Waals surface area contributed by atoms with Gasteiger partial charge in [0, 0.05) is 13.0 Å². The van der Waals surface area contributed by atoms with Crippen LogP contribution in [-0.4, -0.2) is 38.2 Å². The molecule has 3 aromatic rings. The average Bonchev–Trinajstić information content (AvgIpc) is 3.26. The summed E-state index contributed by atoms with van der Waals surface area (Å²) in [7, 11) is 1.71. The van der Waals surface area contributed by atoms with Crippen molar-refractivity contribution in [2.24, 2.45) is 0 Å². The minimum Gasteiger partial charge on any atom is -0.339 e. The largest absolute Gasteiger partial charge is 0.339 e. The fraction of sp³-hybridized carbons (Fsp3) is 0.333. The summed E-state index contributed by atoms with van der Waals surface area (Å²) < 4.78 is 5.16. The van der Waals surface area contributed by atoms with Crippen LogP contribution in [0.5, 0.6) is 0 Å². The van der Waals surface area contributed by atoms with Gasteiger partial charge in [-0.2, -0.15) is 10.1 Å². The summed E-state index contributed by atoms with van der Waals surface area (Å²) in [6.45, 7) is 4.24. The van der Waals surface area contributed by atoms with Crippen LogP contribution in [0, 0.1) is 0 Å². The first-order chi connectivity index (χ1) is 11.1. The standard InChI is InChI=1S/C15H17N5O2S/c1-9(2)14-17-12(19-22-14)8-20(3)15(21)10-7-16-18-13(10)11-5-4-6-23-11/h4-7,9H,8H2,1-3H3,(H,16,18). The Morgan fingerprint density at radius 2 is 2.30 bits per heavy atom. The molecule has 3 aromatic heterocycles. The van der Waals surface area contributed by atoms with Gasteiger partial charge in [-0.15, -0.1) is 11.3 Å². The second kappa shape index (κ2) is 6.33. The van der Waals surface area contributed by atoms with E-state index in [1.807, 2.05) is 31.4 Å². The molecule has 3 heterocycles. The maximum atomic E-state index is 12.7. The molecular formula is C15H17N5O2S. The molecule has 120 valence electrons. The predicted octanol–water partition coefficient (Wildman–Crippen LogP) is 2.92. The lowest BCUT2D eigenvalue weighted by Gasteiger charge is -2.14. The van der Waals surface area contributed by atoms with Gasteiger partial charge in [0.05, 0.1) is 28.9 Å². The number of nitrogens with zero attached hydrogens (tertiary/aromatic N) is 4. The van der Waals surface area contributed by atoms with Gasteiger partial charge in [0.25, 0.3) is 5.91 Å². The number of thiophene rings is 1. The Morgan fingerprint density at radius 1 is 1.48 bits per heavy atom. The lowest BCUT2D eigenvalue weighted by molar-refractivity contribution is 0.0781. The molecule has 0 bridgehead atoms. The predicted molar refractivity (Wildman–Crippen MR) is 86.1 cm³/mol. The van der Waals surface area contributed by atoms with Crippen molar-refractivity contribution in [2.75, 3.05) is 7.05 Å². The molecule has 23 heavy (non-hydrogen) atoms. The molecule has 1 N–H and O–H groups in total. The molecule has 0 atom stereocenters. The molecule has 0 aliphatic carbocycles. The first kappa shape index (κ1) is 15.4. The molecule has 0 fully saturated rings. The highest BCUT2D eigenvalue weighted by molar-refractivity contribution is 7.13. The van der Waals surface area contributed by atoms with Crippen molar-refractivity contribution in [3.05, 3.63) is 41.0 Å². The van der Waals surface area contributed by atoms with Crippen LogP contribution in [0.25, 0.3) is 10.6 Å². The number of nitrogens with one attached hydrogen (secondary N) is 1. The van der Waals surface area contributed by atoms with Crippen molar-refractivity contribution in [3.63, 3.8) is 0 Å². The number of rotatable bonds is 5. The van der Waals surface area contributed by atoms with E-state index in [0.29, 0.717) is 17.3 Å². The molecule has 0 aromatic carbocycles. The highest BCUT2D eigenvalue weighted by Crippen LogP contribution is 2.26. The van der Waals surface area contributed by atoms with Gasteiger partial charge in [0.2, 0.25) is 5.89 Å². The van der Waals surface area contributed by atoms with E-state index in [-0.39, 0.29) is 18.4 Å². The third kappa shape index (κ3) is 3.16. The van der Waals surface area contributed by atoms with Crippen LogP contribution in [0.3, 0.4) is 0 Å². The molecule has 0 unspecified atom stereocenters. The van der Waals surface area contributed by atoms with Crippen molar-refractivity contribution < 1.29 is 9.32 Å². The van der Waals surface area contributed by atoms with E-state index >= 15 is 0 Å². The highest BCUT2D eigenvalue weighted by atomic mass is 32.1. The Balaban J connectivity index is 1.76. The van der Waals surface area contributed by atoms with Crippen LogP contribution in [-0.2, 0) is 6.54 Å². The van der Waals surface area contributed by atoms with Gasteiger partial charge in [-0.05, 0) is 11.4 Å². The van der Waals surface area contributed by atoms with E-state index in [1.165, 1.54) is 0 Å². The van der Waals surface area contributed by atoms with E-state index in [2.05, 4.69) is 20.3 Å². The Labute approximate surface area is 137 Å². The van der Waals surface area contributed by atoms with Crippen LogP contribution in [0.15, 0.2) is 28.2 Å². The van der Waals surface area contributed by atoms with Crippen molar-refractivity contribution in [2.45, 2.75) is 26.3 Å². The molecule has 8 heteroatoms. The topological polar surface area (TPSA) is 87.9 Å². The molecule has 3 rings (SSSR count). The average molecular weight is 331 g/mol. The van der Waals surface area contributed by atoms with E-state index in [1.54, 1.807) is 29.5 Å². The van der Waals surface area contributed by atoms with E-state index in [9.17, 15) is 4.79 Å². The van der Waals surface area contributed by atoms with Crippen LogP contribution < -0.4 is 0 Å². The molecule has 0 aliphatic rings. The number of carbonyl (C=O) groups is 1. The summed E-state index contributed by atoms with van der Waals surface area (Å²) in [6.07, 6.45) is 1.55. The number of aromatic amines is 1. The zero-order valence-electron chi connectivity index (χ0n) is 13.1. The maximum Gasteiger partial charge on any atom is 0.257 e. The zero-order chi connectivity index (χ0) is 16.4. The minimum atomic E-state index is -0.141. The van der Waals surface area contributed by atoms with Gasteiger partial charge in [0.1, 0.15) is 0 Å². The second-order valence-electron chi connectivity index (χ2n) is 5.50. The summed E-state index contributed by atoms with van der Waals surface area (Å²) in [5.74, 6) is 1.09. The van der Waals surface area contributed by atoms with Crippen molar-refractivity contribution in [3.8, 4) is 10.6 Å². The minimum absolute atomic E-state index is 0.141. The quantitative estimate of drug-likeness (QED) is 0.776. The molecule has 0 saturated heterocycles. The van der Waals surface area contributed by atoms with Gasteiger partial charge in [-0.25, -0.2) is 0 Å². The molecule has 0 aliphatic heterocycles. The van der Waals surface area contributed by atoms with Gasteiger partial charge in [-0.1, -0.05) is 25.1 Å². The summed E-state index contributed by atoms with van der Waals surface area (Å²) in [4.78, 5) is 19.5. The third-order valence-electron chi connectivity index (χ3n) is 3.34. The normalized spacial score (nSPS) is 11.1. The van der Waals surface area contributed by atoms with Gasteiger partial charge in [0.15, 0.2) is 5.82 Å². The SMILES string of the molecule is CC(C)c1nc(CN(C)C(=O)c2cn[nH]c2-c2cccs2)no1. The Morgan fingerprint density at radius 3 is 2.96 bits per heavy atom. The second-order valence-corrected chi connectivity index (χ2v) is 6.45. The van der Waals surface area contributed by atoms with Crippen molar-refractivity contribution >= 4 is 17.2 Å². The zero-order valence-corrected chi connectivity index (χ0v) is 13.9. The molecule has 7 nitrogen and oxygen atoms in total. The first-order valence-electron chi connectivity index (χ1n) is 7.21. The van der Waals surface area contributed by atoms with E-state index < -0.39 is 0 Å². The summed E-state index contributed by atoms with van der Waals surface area (Å²) >= 11 is 1.55. The summed E-state index contributed by atoms with van der Waals surface area (Å²) in [6, 6.07) is 3.88. The van der Waals surface area contributed by atoms with E-state index in [4.69, 9.17) is 4.52 Å². The molecule has 0 saturated carbocycles. The number of aromatic nitrogens is 4. The van der Waals surface area contributed by atoms with Crippen molar-refractivity contribution in [1.82, 2.24) is 25.2 Å². The fourth-order valence-electron chi connectivity index (χ4n) is 2.11. The summed E-state index contributed by atoms with van der Waals surface area (Å²) in [5, 5.41) is 12.8. The Bertz CT molecular complexity index is 791. The van der Waals surface area contributed by atoms with Crippen LogP contribution in [0.2, 0.25) is 0 Å². The number of H-pyrrole nitrogens is 1. The lowest BCUT2D eigenvalue weighted by Crippen LogP contribution is -2.26. The number of hydrogen-bond donors (Lipinski definition) is 1.